The first-order valence-corrected chi connectivity index (χ1v) is 7.61. The summed E-state index contributed by atoms with van der Waals surface area (Å²) in [6.07, 6.45) is 4.95. The Labute approximate surface area is 133 Å². The van der Waals surface area contributed by atoms with Gasteiger partial charge in [0.1, 0.15) is 6.61 Å². The predicted molar refractivity (Wildman–Crippen MR) is 86.0 cm³/mol. The number of amides is 1. The van der Waals surface area contributed by atoms with Gasteiger partial charge in [-0.3, -0.25) is 4.98 Å². The number of nitrogens with one attached hydrogen (secondary N) is 1. The van der Waals surface area contributed by atoms with E-state index in [1.807, 2.05) is 36.4 Å². The number of ether oxygens (including phenoxy) is 1. The van der Waals surface area contributed by atoms with Gasteiger partial charge in [-0.25, -0.2) is 14.7 Å². The molecule has 0 bridgehead atoms. The molecule has 0 unspecified atom stereocenters. The van der Waals surface area contributed by atoms with Crippen LogP contribution in [0.4, 0.5) is 10.7 Å². The highest BCUT2D eigenvalue weighted by atomic mass is 16.6. The van der Waals surface area contributed by atoms with Gasteiger partial charge in [0.05, 0.1) is 17.2 Å². The largest absolute Gasteiger partial charge is 0.444 e. The van der Waals surface area contributed by atoms with Gasteiger partial charge < -0.3 is 9.72 Å². The fourth-order valence-electron chi connectivity index (χ4n) is 2.49. The standard InChI is InChI=1S/C17H16N4O2/c22-17(23-11-12-4-2-1-3-5-12)21(13-6-7-13)16-19-14-8-9-18-10-15(14)20-16/h1-5,8-10,13H,6-7,11H2,(H,19,20). The number of carbonyl (C=O) groups excluding carboxylic acids is 1. The summed E-state index contributed by atoms with van der Waals surface area (Å²) in [5, 5.41) is 0. The Morgan fingerprint density at radius 3 is 2.83 bits per heavy atom. The average molecular weight is 308 g/mol. The number of fused-ring (bicyclic) bond motifs is 1. The first-order chi connectivity index (χ1) is 11.3. The van der Waals surface area contributed by atoms with Gasteiger partial charge in [0.25, 0.3) is 0 Å². The van der Waals surface area contributed by atoms with E-state index in [0.29, 0.717) is 5.95 Å². The third-order valence-electron chi connectivity index (χ3n) is 3.81. The summed E-state index contributed by atoms with van der Waals surface area (Å²) in [6.45, 7) is 0.255. The van der Waals surface area contributed by atoms with Crippen LogP contribution < -0.4 is 4.90 Å². The fourth-order valence-corrected chi connectivity index (χ4v) is 2.49. The van der Waals surface area contributed by atoms with Crippen LogP contribution in [0.25, 0.3) is 11.0 Å². The molecule has 3 aromatic rings. The van der Waals surface area contributed by atoms with Crippen LogP contribution in [-0.2, 0) is 11.3 Å². The SMILES string of the molecule is O=C(OCc1ccccc1)N(c1nc2ccncc2[nH]1)C1CC1. The number of aromatic amines is 1. The molecule has 0 radical (unpaired) electrons. The monoisotopic (exact) mass is 308 g/mol. The third kappa shape index (κ3) is 2.88. The van der Waals surface area contributed by atoms with Crippen molar-refractivity contribution in [2.75, 3.05) is 4.90 Å². The van der Waals surface area contributed by atoms with E-state index in [2.05, 4.69) is 15.0 Å². The molecule has 0 saturated heterocycles. The quantitative estimate of drug-likeness (QED) is 0.803. The van der Waals surface area contributed by atoms with Crippen LogP contribution in [0, 0.1) is 0 Å². The van der Waals surface area contributed by atoms with E-state index in [4.69, 9.17) is 4.74 Å². The first kappa shape index (κ1) is 13.8. The van der Waals surface area contributed by atoms with Gasteiger partial charge in [-0.1, -0.05) is 30.3 Å². The highest BCUT2D eigenvalue weighted by Crippen LogP contribution is 2.31. The molecule has 2 aromatic heterocycles. The summed E-state index contributed by atoms with van der Waals surface area (Å²) in [4.78, 5) is 25.8. The molecule has 1 aliphatic carbocycles. The van der Waals surface area contributed by atoms with Crippen LogP contribution in [-0.4, -0.2) is 27.1 Å². The molecular formula is C17H16N4O2. The first-order valence-electron chi connectivity index (χ1n) is 7.61. The summed E-state index contributed by atoms with van der Waals surface area (Å²) >= 11 is 0. The molecule has 1 N–H and O–H groups in total. The molecule has 2 heterocycles. The lowest BCUT2D eigenvalue weighted by Gasteiger charge is -2.18. The molecule has 1 fully saturated rings. The highest BCUT2D eigenvalue weighted by molar-refractivity contribution is 5.89. The van der Waals surface area contributed by atoms with E-state index in [0.717, 1.165) is 29.4 Å². The van der Waals surface area contributed by atoms with Crippen LogP contribution in [0.1, 0.15) is 18.4 Å². The average Bonchev–Trinajstić information content (AvgIpc) is 3.32. The number of imidazole rings is 1. The topological polar surface area (TPSA) is 71.1 Å². The molecular weight excluding hydrogens is 292 g/mol. The number of pyridine rings is 1. The second-order valence-electron chi connectivity index (χ2n) is 5.59. The molecule has 0 aliphatic heterocycles. The van der Waals surface area contributed by atoms with Crippen LogP contribution in [0.2, 0.25) is 0 Å². The predicted octanol–water partition coefficient (Wildman–Crippen LogP) is 3.26. The minimum atomic E-state index is -0.372. The molecule has 6 heteroatoms. The van der Waals surface area contributed by atoms with E-state index in [1.54, 1.807) is 17.3 Å². The summed E-state index contributed by atoms with van der Waals surface area (Å²) in [7, 11) is 0. The molecule has 6 nitrogen and oxygen atoms in total. The van der Waals surface area contributed by atoms with Crippen molar-refractivity contribution in [1.82, 2.24) is 15.0 Å². The van der Waals surface area contributed by atoms with Gasteiger partial charge in [-0.15, -0.1) is 0 Å². The zero-order chi connectivity index (χ0) is 15.6. The number of benzene rings is 1. The minimum Gasteiger partial charge on any atom is -0.444 e. The van der Waals surface area contributed by atoms with Crippen molar-refractivity contribution in [2.24, 2.45) is 0 Å². The van der Waals surface area contributed by atoms with Crippen molar-refractivity contribution < 1.29 is 9.53 Å². The maximum Gasteiger partial charge on any atom is 0.417 e. The summed E-state index contributed by atoms with van der Waals surface area (Å²) in [5.74, 6) is 0.522. The second kappa shape index (κ2) is 5.72. The zero-order valence-electron chi connectivity index (χ0n) is 12.5. The van der Waals surface area contributed by atoms with E-state index < -0.39 is 0 Å². The van der Waals surface area contributed by atoms with Crippen LogP contribution in [0.5, 0.6) is 0 Å². The lowest BCUT2D eigenvalue weighted by atomic mass is 10.2. The van der Waals surface area contributed by atoms with Crippen LogP contribution in [0.3, 0.4) is 0 Å². The van der Waals surface area contributed by atoms with E-state index >= 15 is 0 Å². The number of nitrogens with zero attached hydrogens (tertiary/aromatic N) is 3. The Hall–Kier alpha value is -2.89. The van der Waals surface area contributed by atoms with E-state index in [9.17, 15) is 4.79 Å². The lowest BCUT2D eigenvalue weighted by Crippen LogP contribution is -2.34. The van der Waals surface area contributed by atoms with Crippen molar-refractivity contribution in [3.8, 4) is 0 Å². The van der Waals surface area contributed by atoms with Gasteiger partial charge in [-0.2, -0.15) is 0 Å². The maximum atomic E-state index is 12.5. The van der Waals surface area contributed by atoms with Crippen molar-refractivity contribution in [1.29, 1.82) is 0 Å². The molecule has 116 valence electrons. The molecule has 4 rings (SSSR count). The van der Waals surface area contributed by atoms with Gasteiger partial charge in [0.15, 0.2) is 0 Å². The molecule has 1 saturated carbocycles. The number of carbonyl (C=O) groups is 1. The Bertz CT molecular complexity index is 794. The molecule has 1 aliphatic rings. The smallest absolute Gasteiger partial charge is 0.417 e. The number of hydrogen-bond donors (Lipinski definition) is 1. The molecule has 0 atom stereocenters. The normalized spacial score (nSPS) is 13.9. The number of hydrogen-bond acceptors (Lipinski definition) is 4. The lowest BCUT2D eigenvalue weighted by molar-refractivity contribution is 0.146. The van der Waals surface area contributed by atoms with Crippen LogP contribution in [0.15, 0.2) is 48.8 Å². The van der Waals surface area contributed by atoms with Gasteiger partial charge in [0, 0.05) is 12.2 Å². The van der Waals surface area contributed by atoms with E-state index in [-0.39, 0.29) is 18.7 Å². The van der Waals surface area contributed by atoms with Gasteiger partial charge in [0.2, 0.25) is 5.95 Å². The Morgan fingerprint density at radius 1 is 1.26 bits per heavy atom. The Kier molecular flexibility index (Phi) is 3.42. The summed E-state index contributed by atoms with van der Waals surface area (Å²) in [5.41, 5.74) is 2.56. The molecule has 23 heavy (non-hydrogen) atoms. The van der Waals surface area contributed by atoms with Crippen LogP contribution >= 0.6 is 0 Å². The third-order valence-corrected chi connectivity index (χ3v) is 3.81. The minimum absolute atomic E-state index is 0.159. The van der Waals surface area contributed by atoms with Gasteiger partial charge in [-0.05, 0) is 24.5 Å². The molecule has 1 amide bonds. The fraction of sp³-hybridized carbons (Fsp3) is 0.235. The van der Waals surface area contributed by atoms with Crippen molar-refractivity contribution in [3.63, 3.8) is 0 Å². The zero-order valence-corrected chi connectivity index (χ0v) is 12.5. The maximum absolute atomic E-state index is 12.5. The van der Waals surface area contributed by atoms with Crippen molar-refractivity contribution >= 4 is 23.1 Å². The van der Waals surface area contributed by atoms with Crippen molar-refractivity contribution in [2.45, 2.75) is 25.5 Å². The Morgan fingerprint density at radius 2 is 2.09 bits per heavy atom. The number of rotatable bonds is 4. The number of aromatic nitrogens is 3. The van der Waals surface area contributed by atoms with Gasteiger partial charge >= 0.3 is 6.09 Å². The summed E-state index contributed by atoms with van der Waals surface area (Å²) < 4.78 is 5.45. The Balaban J connectivity index is 1.54. The number of H-pyrrole nitrogens is 1. The number of anilines is 1. The molecule has 0 spiro atoms. The highest BCUT2D eigenvalue weighted by Gasteiger charge is 2.36. The molecule has 1 aromatic carbocycles. The second-order valence-corrected chi connectivity index (χ2v) is 5.59. The van der Waals surface area contributed by atoms with Crippen molar-refractivity contribution in [3.05, 3.63) is 54.4 Å². The summed E-state index contributed by atoms with van der Waals surface area (Å²) in [6, 6.07) is 11.6. The van der Waals surface area contributed by atoms with E-state index in [1.165, 1.54) is 0 Å².